The lowest BCUT2D eigenvalue weighted by Crippen LogP contribution is -2.05. The maximum Gasteiger partial charge on any atom is 0.360 e. The molecule has 96 valence electrons. The van der Waals surface area contributed by atoms with E-state index in [0.29, 0.717) is 19.2 Å². The van der Waals surface area contributed by atoms with Crippen LogP contribution in [0.15, 0.2) is 21.4 Å². The van der Waals surface area contributed by atoms with Gasteiger partial charge < -0.3 is 14.5 Å². The number of rotatable bonds is 5. The molecule has 1 N–H and O–H groups in total. The average molecular weight is 266 g/mol. The summed E-state index contributed by atoms with van der Waals surface area (Å²) in [6.45, 7) is 4.74. The Kier molecular flexibility index (Phi) is 3.99. The highest BCUT2D eigenvalue weighted by Crippen LogP contribution is 2.16. The third-order valence-corrected chi connectivity index (χ3v) is 3.29. The van der Waals surface area contributed by atoms with Gasteiger partial charge in [-0.15, -0.1) is 0 Å². The zero-order valence-electron chi connectivity index (χ0n) is 10.2. The summed E-state index contributed by atoms with van der Waals surface area (Å²) in [5, 5.41) is 7.17. The monoisotopic (exact) mass is 266 g/mol. The van der Waals surface area contributed by atoms with Crippen LogP contribution in [0.5, 0.6) is 0 Å². The number of aryl methyl sites for hydroxylation is 1. The molecule has 0 spiro atoms. The minimum Gasteiger partial charge on any atom is -0.461 e. The third-order valence-electron chi connectivity index (χ3n) is 2.38. The van der Waals surface area contributed by atoms with Crippen LogP contribution in [0.1, 0.15) is 28.5 Å². The van der Waals surface area contributed by atoms with E-state index in [1.165, 1.54) is 17.4 Å². The molecule has 0 unspecified atom stereocenters. The number of anilines is 1. The van der Waals surface area contributed by atoms with E-state index in [0.717, 1.165) is 0 Å². The van der Waals surface area contributed by atoms with Crippen molar-refractivity contribution in [3.8, 4) is 0 Å². The second-order valence-corrected chi connectivity index (χ2v) is 4.44. The number of oxazole rings is 1. The van der Waals surface area contributed by atoms with Crippen LogP contribution >= 0.6 is 11.3 Å². The van der Waals surface area contributed by atoms with Gasteiger partial charge >= 0.3 is 5.97 Å². The minimum atomic E-state index is -0.471. The van der Waals surface area contributed by atoms with Gasteiger partial charge in [-0.3, -0.25) is 0 Å². The van der Waals surface area contributed by atoms with E-state index in [4.69, 9.17) is 9.15 Å². The highest BCUT2D eigenvalue weighted by molar-refractivity contribution is 7.08. The van der Waals surface area contributed by atoms with Crippen molar-refractivity contribution in [2.45, 2.75) is 20.4 Å². The molecule has 5 nitrogen and oxygen atoms in total. The molecule has 0 saturated heterocycles. The van der Waals surface area contributed by atoms with Gasteiger partial charge in [-0.1, -0.05) is 0 Å². The largest absolute Gasteiger partial charge is 0.461 e. The Morgan fingerprint density at radius 1 is 1.56 bits per heavy atom. The van der Waals surface area contributed by atoms with Gasteiger partial charge in [0.15, 0.2) is 5.69 Å². The van der Waals surface area contributed by atoms with Crippen LogP contribution < -0.4 is 5.32 Å². The molecule has 0 atom stereocenters. The molecule has 2 aromatic rings. The van der Waals surface area contributed by atoms with E-state index in [1.807, 2.05) is 6.92 Å². The maximum absolute atomic E-state index is 11.4. The Balaban J connectivity index is 1.95. The number of carbonyl (C=O) groups excluding carboxylic acids is 1. The van der Waals surface area contributed by atoms with Crippen molar-refractivity contribution in [1.29, 1.82) is 0 Å². The van der Waals surface area contributed by atoms with Crippen molar-refractivity contribution in [2.75, 3.05) is 11.9 Å². The van der Waals surface area contributed by atoms with Gasteiger partial charge in [0.25, 0.3) is 6.01 Å². The summed E-state index contributed by atoms with van der Waals surface area (Å²) < 4.78 is 9.97. The van der Waals surface area contributed by atoms with Gasteiger partial charge in [0.2, 0.25) is 0 Å². The lowest BCUT2D eigenvalue weighted by atomic mass is 10.2. The second kappa shape index (κ2) is 5.68. The number of hydrogen-bond donors (Lipinski definition) is 1. The summed E-state index contributed by atoms with van der Waals surface area (Å²) in [6.07, 6.45) is 1.29. The van der Waals surface area contributed by atoms with Crippen LogP contribution in [0.3, 0.4) is 0 Å². The van der Waals surface area contributed by atoms with E-state index in [-0.39, 0.29) is 5.69 Å². The minimum absolute atomic E-state index is 0.182. The molecule has 2 aromatic heterocycles. The first-order valence-corrected chi connectivity index (χ1v) is 6.53. The zero-order valence-corrected chi connectivity index (χ0v) is 11.0. The fourth-order valence-corrected chi connectivity index (χ4v) is 2.25. The molecule has 0 fully saturated rings. The SMILES string of the molecule is CCOC(=O)c1coc(NCc2cscc2C)n1. The van der Waals surface area contributed by atoms with Crippen molar-refractivity contribution in [2.24, 2.45) is 0 Å². The van der Waals surface area contributed by atoms with Crippen LogP contribution in [0.4, 0.5) is 6.01 Å². The van der Waals surface area contributed by atoms with Crippen LogP contribution in [-0.4, -0.2) is 17.6 Å². The Morgan fingerprint density at radius 3 is 3.06 bits per heavy atom. The normalized spacial score (nSPS) is 10.3. The topological polar surface area (TPSA) is 64.4 Å². The number of ether oxygens (including phenoxy) is 1. The molecular formula is C12H14N2O3S. The first kappa shape index (κ1) is 12.6. The molecule has 0 radical (unpaired) electrons. The third kappa shape index (κ3) is 2.89. The molecule has 6 heteroatoms. The molecule has 0 amide bonds. The Bertz CT molecular complexity index is 533. The fraction of sp³-hybridized carbons (Fsp3) is 0.333. The molecule has 0 aliphatic heterocycles. The Hall–Kier alpha value is -1.82. The highest BCUT2D eigenvalue weighted by Gasteiger charge is 2.12. The number of nitrogens with one attached hydrogen (secondary N) is 1. The number of aromatic nitrogens is 1. The highest BCUT2D eigenvalue weighted by atomic mass is 32.1. The van der Waals surface area contributed by atoms with Crippen LogP contribution in [-0.2, 0) is 11.3 Å². The lowest BCUT2D eigenvalue weighted by molar-refractivity contribution is 0.0519. The van der Waals surface area contributed by atoms with Crippen molar-refractivity contribution in [3.05, 3.63) is 33.8 Å². The van der Waals surface area contributed by atoms with E-state index in [1.54, 1.807) is 18.3 Å². The van der Waals surface area contributed by atoms with Crippen molar-refractivity contribution in [3.63, 3.8) is 0 Å². The summed E-state index contributed by atoms with van der Waals surface area (Å²) in [6, 6.07) is 0.323. The van der Waals surface area contributed by atoms with Crippen molar-refractivity contribution < 1.29 is 13.9 Å². The molecular weight excluding hydrogens is 252 g/mol. The standard InChI is InChI=1S/C12H14N2O3S/c1-3-16-11(15)10-5-17-12(14-10)13-4-9-7-18-6-8(9)2/h5-7H,3-4H2,1-2H3,(H,13,14). The molecule has 0 aliphatic rings. The van der Waals surface area contributed by atoms with Gasteiger partial charge in [-0.25, -0.2) is 4.79 Å². The predicted octanol–water partition coefficient (Wildman–Crippen LogP) is 2.83. The predicted molar refractivity (Wildman–Crippen MR) is 68.8 cm³/mol. The van der Waals surface area contributed by atoms with E-state index in [9.17, 15) is 4.79 Å². The summed E-state index contributed by atoms with van der Waals surface area (Å²) >= 11 is 1.65. The van der Waals surface area contributed by atoms with Crippen LogP contribution in [0.25, 0.3) is 0 Å². The van der Waals surface area contributed by atoms with Gasteiger partial charge in [0, 0.05) is 6.54 Å². The van der Waals surface area contributed by atoms with Gasteiger partial charge in [0.05, 0.1) is 6.61 Å². The lowest BCUT2D eigenvalue weighted by Gasteiger charge is -2.00. The number of hydrogen-bond acceptors (Lipinski definition) is 6. The summed E-state index contributed by atoms with van der Waals surface area (Å²) in [5.41, 5.74) is 2.60. The smallest absolute Gasteiger partial charge is 0.360 e. The summed E-state index contributed by atoms with van der Waals surface area (Å²) in [4.78, 5) is 15.4. The number of thiophene rings is 1. The number of carbonyl (C=O) groups is 1. The fourth-order valence-electron chi connectivity index (χ4n) is 1.39. The zero-order chi connectivity index (χ0) is 13.0. The Morgan fingerprint density at radius 2 is 2.39 bits per heavy atom. The van der Waals surface area contributed by atoms with Gasteiger partial charge in [-0.2, -0.15) is 16.3 Å². The van der Waals surface area contributed by atoms with E-state index < -0.39 is 5.97 Å². The molecule has 18 heavy (non-hydrogen) atoms. The Labute approximate surface area is 109 Å². The molecule has 0 aromatic carbocycles. The number of nitrogens with zero attached hydrogens (tertiary/aromatic N) is 1. The molecule has 0 aliphatic carbocycles. The van der Waals surface area contributed by atoms with Gasteiger partial charge in [-0.05, 0) is 35.7 Å². The first-order valence-electron chi connectivity index (χ1n) is 5.59. The molecule has 2 heterocycles. The molecule has 2 rings (SSSR count). The van der Waals surface area contributed by atoms with Gasteiger partial charge in [0.1, 0.15) is 6.26 Å². The van der Waals surface area contributed by atoms with Crippen LogP contribution in [0.2, 0.25) is 0 Å². The summed E-state index contributed by atoms with van der Waals surface area (Å²) in [5.74, 6) is -0.471. The maximum atomic E-state index is 11.4. The van der Waals surface area contributed by atoms with Crippen molar-refractivity contribution >= 4 is 23.3 Å². The quantitative estimate of drug-likeness (QED) is 0.843. The van der Waals surface area contributed by atoms with E-state index in [2.05, 4.69) is 21.1 Å². The number of esters is 1. The van der Waals surface area contributed by atoms with E-state index >= 15 is 0 Å². The van der Waals surface area contributed by atoms with Crippen LogP contribution in [0, 0.1) is 6.92 Å². The molecule has 0 saturated carbocycles. The molecule has 0 bridgehead atoms. The van der Waals surface area contributed by atoms with Crippen molar-refractivity contribution in [1.82, 2.24) is 4.98 Å². The first-order chi connectivity index (χ1) is 8.70. The average Bonchev–Trinajstić information content (AvgIpc) is 2.96. The second-order valence-electron chi connectivity index (χ2n) is 3.69. The summed E-state index contributed by atoms with van der Waals surface area (Å²) in [7, 11) is 0.